The van der Waals surface area contributed by atoms with Gasteiger partial charge in [0.15, 0.2) is 0 Å². The predicted octanol–water partition coefficient (Wildman–Crippen LogP) is 5.28. The topological polar surface area (TPSA) is 67.4 Å². The molecular formula is C27H27ClN2O3. The summed E-state index contributed by atoms with van der Waals surface area (Å²) >= 11 is 5.89. The maximum absolute atomic E-state index is 12.8. The van der Waals surface area contributed by atoms with Crippen LogP contribution in [0.15, 0.2) is 72.8 Å². The largest absolute Gasteiger partial charge is 0.492 e. The van der Waals surface area contributed by atoms with Crippen molar-refractivity contribution in [2.75, 3.05) is 11.9 Å². The molecule has 2 N–H and O–H groups in total. The smallest absolute Gasteiger partial charge is 0.255 e. The minimum atomic E-state index is -0.265. The molecule has 2 atom stereocenters. The highest BCUT2D eigenvalue weighted by Crippen LogP contribution is 2.30. The van der Waals surface area contributed by atoms with Gasteiger partial charge in [0.2, 0.25) is 5.91 Å². The molecule has 1 heterocycles. The Morgan fingerprint density at radius 1 is 1.06 bits per heavy atom. The third-order valence-electron chi connectivity index (χ3n) is 5.80. The van der Waals surface area contributed by atoms with Crippen LogP contribution in [0, 0.1) is 5.92 Å². The lowest BCUT2D eigenvalue weighted by Crippen LogP contribution is -2.41. The van der Waals surface area contributed by atoms with Crippen LogP contribution in [0.2, 0.25) is 5.02 Å². The fourth-order valence-corrected chi connectivity index (χ4v) is 4.03. The Hall–Kier alpha value is -3.31. The molecule has 0 saturated carbocycles. The van der Waals surface area contributed by atoms with Gasteiger partial charge in [-0.05, 0) is 79.8 Å². The molecule has 1 aliphatic rings. The molecule has 3 aromatic carbocycles. The SMILES string of the molecule is CC(CCc1ccccc1)NC(=O)C1COc2ccc(NC(=O)c3ccc(Cl)cc3)cc2C1. The van der Waals surface area contributed by atoms with E-state index in [9.17, 15) is 9.59 Å². The number of carbonyl (C=O) groups is 2. The van der Waals surface area contributed by atoms with E-state index in [1.807, 2.05) is 37.3 Å². The van der Waals surface area contributed by atoms with Gasteiger partial charge >= 0.3 is 0 Å². The molecular weight excluding hydrogens is 436 g/mol. The van der Waals surface area contributed by atoms with Crippen LogP contribution in [0.4, 0.5) is 5.69 Å². The summed E-state index contributed by atoms with van der Waals surface area (Å²) in [5.41, 5.74) is 3.36. The summed E-state index contributed by atoms with van der Waals surface area (Å²) in [6, 6.07) is 22.6. The van der Waals surface area contributed by atoms with Crippen molar-refractivity contribution in [2.24, 2.45) is 5.92 Å². The van der Waals surface area contributed by atoms with Gasteiger partial charge in [0, 0.05) is 22.3 Å². The van der Waals surface area contributed by atoms with E-state index in [-0.39, 0.29) is 23.8 Å². The molecule has 3 aromatic rings. The van der Waals surface area contributed by atoms with Gasteiger partial charge in [-0.25, -0.2) is 0 Å². The van der Waals surface area contributed by atoms with Gasteiger partial charge in [-0.1, -0.05) is 41.9 Å². The van der Waals surface area contributed by atoms with Gasteiger partial charge in [-0.15, -0.1) is 0 Å². The zero-order valence-electron chi connectivity index (χ0n) is 18.5. The average Bonchev–Trinajstić information content (AvgIpc) is 2.83. The number of nitrogens with one attached hydrogen (secondary N) is 2. The Labute approximate surface area is 199 Å². The van der Waals surface area contributed by atoms with Crippen molar-refractivity contribution in [1.29, 1.82) is 0 Å². The summed E-state index contributed by atoms with van der Waals surface area (Å²) < 4.78 is 5.84. The standard InChI is InChI=1S/C27H27ClN2O3/c1-18(7-8-19-5-3-2-4-6-19)29-27(32)22-15-21-16-24(13-14-25(21)33-17-22)30-26(31)20-9-11-23(28)12-10-20/h2-6,9-14,16,18,22H,7-8,15,17H2,1H3,(H,29,32)(H,30,31). The van der Waals surface area contributed by atoms with E-state index < -0.39 is 0 Å². The number of ether oxygens (including phenoxy) is 1. The van der Waals surface area contributed by atoms with Gasteiger partial charge in [-0.3, -0.25) is 9.59 Å². The first-order chi connectivity index (χ1) is 16.0. The third kappa shape index (κ3) is 6.14. The predicted molar refractivity (Wildman–Crippen MR) is 131 cm³/mol. The summed E-state index contributed by atoms with van der Waals surface area (Å²) in [7, 11) is 0. The van der Waals surface area contributed by atoms with Crippen molar-refractivity contribution in [1.82, 2.24) is 5.32 Å². The molecule has 0 aromatic heterocycles. The first-order valence-corrected chi connectivity index (χ1v) is 11.5. The van der Waals surface area contributed by atoms with Crippen molar-refractivity contribution in [3.8, 4) is 5.75 Å². The number of amides is 2. The molecule has 0 radical (unpaired) electrons. The fourth-order valence-electron chi connectivity index (χ4n) is 3.91. The van der Waals surface area contributed by atoms with Crippen LogP contribution in [0.5, 0.6) is 5.75 Å². The summed E-state index contributed by atoms with van der Waals surface area (Å²) in [6.07, 6.45) is 2.36. The van der Waals surface area contributed by atoms with Crippen molar-refractivity contribution in [3.63, 3.8) is 0 Å². The van der Waals surface area contributed by atoms with Crippen LogP contribution < -0.4 is 15.4 Å². The normalized spacial score (nSPS) is 15.6. The lowest BCUT2D eigenvalue weighted by Gasteiger charge is -2.26. The van der Waals surface area contributed by atoms with Crippen molar-refractivity contribution in [2.45, 2.75) is 32.2 Å². The molecule has 6 heteroatoms. The average molecular weight is 463 g/mol. The molecule has 170 valence electrons. The molecule has 5 nitrogen and oxygen atoms in total. The Balaban J connectivity index is 1.33. The monoisotopic (exact) mass is 462 g/mol. The zero-order valence-corrected chi connectivity index (χ0v) is 19.3. The molecule has 0 spiro atoms. The van der Waals surface area contributed by atoms with Crippen molar-refractivity contribution < 1.29 is 14.3 Å². The van der Waals surface area contributed by atoms with Gasteiger partial charge in [0.25, 0.3) is 5.91 Å². The maximum atomic E-state index is 12.8. The minimum Gasteiger partial charge on any atom is -0.492 e. The molecule has 4 rings (SSSR count). The van der Waals surface area contributed by atoms with Crippen molar-refractivity contribution in [3.05, 3.63) is 94.5 Å². The summed E-state index contributed by atoms with van der Waals surface area (Å²) in [4.78, 5) is 25.3. The van der Waals surface area contributed by atoms with Gasteiger partial charge in [0.1, 0.15) is 12.4 Å². The van der Waals surface area contributed by atoms with Gasteiger partial charge in [0.05, 0.1) is 5.92 Å². The van der Waals surface area contributed by atoms with E-state index in [1.54, 1.807) is 30.3 Å². The van der Waals surface area contributed by atoms with Crippen LogP contribution in [0.25, 0.3) is 0 Å². The Bertz CT molecular complexity index is 1120. The first kappa shape index (κ1) is 22.9. The number of anilines is 1. The second-order valence-electron chi connectivity index (χ2n) is 8.43. The first-order valence-electron chi connectivity index (χ1n) is 11.1. The number of rotatable bonds is 7. The van der Waals surface area contributed by atoms with E-state index >= 15 is 0 Å². The Kier molecular flexibility index (Phi) is 7.30. The van der Waals surface area contributed by atoms with Crippen LogP contribution >= 0.6 is 11.6 Å². The third-order valence-corrected chi connectivity index (χ3v) is 6.05. The number of benzene rings is 3. The molecule has 1 aliphatic heterocycles. The second kappa shape index (κ2) is 10.5. The fraction of sp³-hybridized carbons (Fsp3) is 0.259. The minimum absolute atomic E-state index is 0.00295. The lowest BCUT2D eigenvalue weighted by molar-refractivity contribution is -0.126. The zero-order chi connectivity index (χ0) is 23.2. The molecule has 0 bridgehead atoms. The highest BCUT2D eigenvalue weighted by Gasteiger charge is 2.27. The molecule has 2 amide bonds. The maximum Gasteiger partial charge on any atom is 0.255 e. The number of halogens is 1. The molecule has 0 aliphatic carbocycles. The number of fused-ring (bicyclic) bond motifs is 1. The van der Waals surface area contributed by atoms with Gasteiger partial charge < -0.3 is 15.4 Å². The number of aryl methyl sites for hydroxylation is 1. The highest BCUT2D eigenvalue weighted by atomic mass is 35.5. The van der Waals surface area contributed by atoms with E-state index in [0.717, 1.165) is 24.2 Å². The lowest BCUT2D eigenvalue weighted by atomic mass is 9.95. The number of carbonyl (C=O) groups excluding carboxylic acids is 2. The van der Waals surface area contributed by atoms with E-state index in [4.69, 9.17) is 16.3 Å². The quantitative estimate of drug-likeness (QED) is 0.502. The number of hydrogen-bond donors (Lipinski definition) is 2. The molecule has 0 saturated heterocycles. The second-order valence-corrected chi connectivity index (χ2v) is 8.87. The van der Waals surface area contributed by atoms with E-state index in [0.29, 0.717) is 29.3 Å². The Morgan fingerprint density at radius 2 is 1.82 bits per heavy atom. The number of hydrogen-bond acceptors (Lipinski definition) is 3. The molecule has 33 heavy (non-hydrogen) atoms. The van der Waals surface area contributed by atoms with Crippen LogP contribution in [-0.2, 0) is 17.6 Å². The summed E-state index contributed by atoms with van der Waals surface area (Å²) in [6.45, 7) is 2.38. The van der Waals surface area contributed by atoms with Crippen LogP contribution in [0.3, 0.4) is 0 Å². The van der Waals surface area contributed by atoms with E-state index in [2.05, 4.69) is 22.8 Å². The summed E-state index contributed by atoms with van der Waals surface area (Å²) in [5, 5.41) is 6.60. The highest BCUT2D eigenvalue weighted by molar-refractivity contribution is 6.30. The van der Waals surface area contributed by atoms with Crippen LogP contribution in [-0.4, -0.2) is 24.5 Å². The van der Waals surface area contributed by atoms with E-state index in [1.165, 1.54) is 5.56 Å². The van der Waals surface area contributed by atoms with Gasteiger partial charge in [-0.2, -0.15) is 0 Å². The molecule has 2 unspecified atom stereocenters. The molecule has 0 fully saturated rings. The van der Waals surface area contributed by atoms with Crippen molar-refractivity contribution >= 4 is 29.1 Å². The Morgan fingerprint density at radius 3 is 2.58 bits per heavy atom. The summed E-state index contributed by atoms with van der Waals surface area (Å²) in [5.74, 6) is 0.265. The van der Waals surface area contributed by atoms with Crippen LogP contribution in [0.1, 0.15) is 34.8 Å².